The molecule has 0 spiro atoms. The van der Waals surface area contributed by atoms with Gasteiger partial charge in [-0.1, -0.05) is 57.4 Å². The molecule has 0 N–H and O–H groups in total. The summed E-state index contributed by atoms with van der Waals surface area (Å²) in [5.41, 5.74) is 0. The molecule has 0 amide bonds. The lowest BCUT2D eigenvalue weighted by Gasteiger charge is -2.41. The first-order valence-corrected chi connectivity index (χ1v) is 8.28. The zero-order valence-corrected chi connectivity index (χ0v) is 11.7. The van der Waals surface area contributed by atoms with Crippen molar-refractivity contribution >= 4 is 0 Å². The van der Waals surface area contributed by atoms with Gasteiger partial charge in [-0.25, -0.2) is 0 Å². The summed E-state index contributed by atoms with van der Waals surface area (Å²) in [6, 6.07) is 0. The Bertz CT molecular complexity index is 271. The molecule has 1 nitrogen and oxygen atoms in total. The van der Waals surface area contributed by atoms with Crippen LogP contribution in [0, 0.1) is 23.7 Å². The number of hydrogen-bond acceptors (Lipinski definition) is 0. The number of nitrogens with zero attached hydrogens (tertiary/aromatic N) is 1. The Labute approximate surface area is 112 Å². The average Bonchev–Trinajstić information content (AvgIpc) is 2.49. The Morgan fingerprint density at radius 1 is 0.722 bits per heavy atom. The van der Waals surface area contributed by atoms with Crippen LogP contribution in [0.1, 0.15) is 64.2 Å². The molecule has 0 saturated heterocycles. The van der Waals surface area contributed by atoms with E-state index in [1.165, 1.54) is 64.2 Å². The molecule has 1 aliphatic heterocycles. The van der Waals surface area contributed by atoms with Crippen LogP contribution in [0.15, 0.2) is 12.3 Å². The van der Waals surface area contributed by atoms with Gasteiger partial charge in [-0.2, -0.15) is 0 Å². The van der Waals surface area contributed by atoms with Crippen molar-refractivity contribution in [2.45, 2.75) is 64.2 Å². The highest BCUT2D eigenvalue weighted by molar-refractivity contribution is 5.01. The van der Waals surface area contributed by atoms with Crippen LogP contribution in [0.2, 0.25) is 0 Å². The Morgan fingerprint density at radius 3 is 2.00 bits per heavy atom. The van der Waals surface area contributed by atoms with E-state index in [-0.39, 0.29) is 0 Å². The lowest BCUT2D eigenvalue weighted by atomic mass is 9.66. The molecule has 0 aromatic heterocycles. The molecule has 1 radical (unpaired) electrons. The fourth-order valence-corrected chi connectivity index (χ4v) is 4.66. The van der Waals surface area contributed by atoms with Crippen LogP contribution in [0.4, 0.5) is 0 Å². The summed E-state index contributed by atoms with van der Waals surface area (Å²) >= 11 is 0. The number of hydrogen-bond donors (Lipinski definition) is 0. The van der Waals surface area contributed by atoms with Gasteiger partial charge >= 0.3 is 0 Å². The molecule has 1 heteroatoms. The van der Waals surface area contributed by atoms with Gasteiger partial charge < -0.3 is 0 Å². The number of rotatable bonds is 2. The van der Waals surface area contributed by atoms with Crippen LogP contribution in [-0.2, 0) is 0 Å². The summed E-state index contributed by atoms with van der Waals surface area (Å²) < 4.78 is 0. The van der Waals surface area contributed by atoms with E-state index in [1.807, 2.05) is 0 Å². The highest BCUT2D eigenvalue weighted by Crippen LogP contribution is 2.42. The maximum Gasteiger partial charge on any atom is 0.0425 e. The first kappa shape index (κ1) is 12.6. The van der Waals surface area contributed by atoms with Gasteiger partial charge in [0.05, 0.1) is 0 Å². The summed E-state index contributed by atoms with van der Waals surface area (Å²) in [6.07, 6.45) is 19.4. The Hall–Kier alpha value is -0.460. The fourth-order valence-electron chi connectivity index (χ4n) is 4.66. The molecule has 1 heterocycles. The van der Waals surface area contributed by atoms with Gasteiger partial charge in [-0.05, 0) is 36.5 Å². The van der Waals surface area contributed by atoms with E-state index in [2.05, 4.69) is 17.6 Å². The van der Waals surface area contributed by atoms with Gasteiger partial charge in [0.15, 0.2) is 0 Å². The summed E-state index contributed by atoms with van der Waals surface area (Å²) in [4.78, 5) is 0. The SMILES string of the molecule is C1=CC(C2CCCCC2)C(C2CCCCC2)C[N]1. The van der Waals surface area contributed by atoms with Crippen molar-refractivity contribution in [2.24, 2.45) is 23.7 Å². The molecular formula is C17H28N. The van der Waals surface area contributed by atoms with Crippen molar-refractivity contribution in [1.29, 1.82) is 0 Å². The molecule has 2 saturated carbocycles. The molecule has 2 unspecified atom stereocenters. The molecule has 3 rings (SSSR count). The molecule has 2 aliphatic carbocycles. The first-order chi connectivity index (χ1) is 8.95. The second-order valence-corrected chi connectivity index (χ2v) is 6.74. The van der Waals surface area contributed by atoms with Crippen LogP contribution < -0.4 is 5.32 Å². The molecule has 2 fully saturated rings. The van der Waals surface area contributed by atoms with Gasteiger partial charge in [-0.3, -0.25) is 5.32 Å². The Balaban J connectivity index is 1.67. The van der Waals surface area contributed by atoms with Crippen molar-refractivity contribution in [3.63, 3.8) is 0 Å². The van der Waals surface area contributed by atoms with Crippen LogP contribution >= 0.6 is 0 Å². The Kier molecular flexibility index (Phi) is 4.28. The maximum absolute atomic E-state index is 4.60. The first-order valence-electron chi connectivity index (χ1n) is 8.28. The minimum Gasteiger partial charge on any atom is -0.293 e. The van der Waals surface area contributed by atoms with Gasteiger partial charge in [0.1, 0.15) is 0 Å². The third-order valence-electron chi connectivity index (χ3n) is 5.67. The monoisotopic (exact) mass is 246 g/mol. The van der Waals surface area contributed by atoms with Crippen molar-refractivity contribution in [3.8, 4) is 0 Å². The van der Waals surface area contributed by atoms with Crippen molar-refractivity contribution in [1.82, 2.24) is 5.32 Å². The predicted octanol–water partition coefficient (Wildman–Crippen LogP) is 4.51. The zero-order chi connectivity index (χ0) is 12.2. The predicted molar refractivity (Wildman–Crippen MR) is 76.3 cm³/mol. The Morgan fingerprint density at radius 2 is 1.33 bits per heavy atom. The van der Waals surface area contributed by atoms with Gasteiger partial charge in [0.25, 0.3) is 0 Å². The summed E-state index contributed by atoms with van der Waals surface area (Å²) in [7, 11) is 0. The summed E-state index contributed by atoms with van der Waals surface area (Å²) in [5, 5.41) is 4.60. The minimum absolute atomic E-state index is 0.867. The maximum atomic E-state index is 4.60. The lowest BCUT2D eigenvalue weighted by Crippen LogP contribution is -2.37. The second kappa shape index (κ2) is 6.12. The van der Waals surface area contributed by atoms with Gasteiger partial charge in [-0.15, -0.1) is 0 Å². The van der Waals surface area contributed by atoms with E-state index < -0.39 is 0 Å². The quantitative estimate of drug-likeness (QED) is 0.680. The van der Waals surface area contributed by atoms with E-state index in [0.717, 1.165) is 30.2 Å². The van der Waals surface area contributed by atoms with Crippen LogP contribution in [0.3, 0.4) is 0 Å². The normalized spacial score (nSPS) is 35.3. The molecule has 3 aliphatic rings. The topological polar surface area (TPSA) is 14.1 Å². The molecule has 0 aromatic carbocycles. The van der Waals surface area contributed by atoms with Gasteiger partial charge in [0.2, 0.25) is 0 Å². The fraction of sp³-hybridized carbons (Fsp3) is 0.882. The average molecular weight is 246 g/mol. The van der Waals surface area contributed by atoms with E-state index in [9.17, 15) is 0 Å². The third-order valence-corrected chi connectivity index (χ3v) is 5.67. The third kappa shape index (κ3) is 2.75. The molecule has 101 valence electrons. The standard InChI is InChI=1S/C17H28N/c1-3-7-14(8-4-1)16-11-12-18-13-17(16)15-9-5-2-6-10-15/h11-12,14-17H,1-10,13H2. The number of allylic oxidation sites excluding steroid dienone is 1. The lowest BCUT2D eigenvalue weighted by molar-refractivity contribution is 0.132. The molecule has 0 aromatic rings. The van der Waals surface area contributed by atoms with Crippen LogP contribution in [0.5, 0.6) is 0 Å². The van der Waals surface area contributed by atoms with Crippen LogP contribution in [-0.4, -0.2) is 6.54 Å². The van der Waals surface area contributed by atoms with Crippen molar-refractivity contribution < 1.29 is 0 Å². The van der Waals surface area contributed by atoms with E-state index in [0.29, 0.717) is 0 Å². The second-order valence-electron chi connectivity index (χ2n) is 6.74. The minimum atomic E-state index is 0.867. The largest absolute Gasteiger partial charge is 0.293 e. The molecule has 2 atom stereocenters. The molecule has 0 bridgehead atoms. The highest BCUT2D eigenvalue weighted by atomic mass is 14.9. The highest BCUT2D eigenvalue weighted by Gasteiger charge is 2.35. The van der Waals surface area contributed by atoms with Crippen molar-refractivity contribution in [3.05, 3.63) is 12.3 Å². The molecular weight excluding hydrogens is 218 g/mol. The molecule has 18 heavy (non-hydrogen) atoms. The van der Waals surface area contributed by atoms with Crippen LogP contribution in [0.25, 0.3) is 0 Å². The smallest absolute Gasteiger partial charge is 0.0425 e. The van der Waals surface area contributed by atoms with E-state index >= 15 is 0 Å². The van der Waals surface area contributed by atoms with Crippen molar-refractivity contribution in [2.75, 3.05) is 6.54 Å². The van der Waals surface area contributed by atoms with Gasteiger partial charge in [0, 0.05) is 12.7 Å². The zero-order valence-electron chi connectivity index (χ0n) is 11.7. The van der Waals surface area contributed by atoms with E-state index in [1.54, 1.807) is 0 Å². The van der Waals surface area contributed by atoms with E-state index in [4.69, 9.17) is 0 Å². The summed E-state index contributed by atoms with van der Waals surface area (Å²) in [5.74, 6) is 3.72. The summed E-state index contributed by atoms with van der Waals surface area (Å²) in [6.45, 7) is 1.13.